The normalized spacial score (nSPS) is 12.1. The highest BCUT2D eigenvalue weighted by molar-refractivity contribution is 6.30. The first-order valence-electron chi connectivity index (χ1n) is 9.20. The number of hydrogen-bond donors (Lipinski definition) is 1. The van der Waals surface area contributed by atoms with Crippen LogP contribution in [-0.2, 0) is 28.8 Å². The molecular weight excluding hydrogens is 409 g/mol. The van der Waals surface area contributed by atoms with E-state index in [4.69, 9.17) is 16.6 Å². The van der Waals surface area contributed by atoms with Crippen LogP contribution in [0.3, 0.4) is 0 Å². The topological polar surface area (TPSA) is 64.1 Å². The fourth-order valence-corrected chi connectivity index (χ4v) is 3.62. The van der Waals surface area contributed by atoms with Crippen LogP contribution in [0.15, 0.2) is 48.7 Å². The number of esters is 1. The second-order valence-electron chi connectivity index (χ2n) is 6.76. The first kappa shape index (κ1) is 21.1. The summed E-state index contributed by atoms with van der Waals surface area (Å²) in [6.45, 7) is 0. The zero-order valence-electron chi connectivity index (χ0n) is 15.9. The van der Waals surface area contributed by atoms with Crippen molar-refractivity contribution in [1.82, 2.24) is 9.97 Å². The molecule has 0 saturated carbocycles. The molecule has 3 aromatic rings. The number of carbonyl (C=O) groups is 1. The van der Waals surface area contributed by atoms with Crippen LogP contribution in [-0.4, -0.2) is 23.0 Å². The Morgan fingerprint density at radius 3 is 2.79 bits per heavy atom. The summed E-state index contributed by atoms with van der Waals surface area (Å²) in [7, 11) is 1.37. The Labute approximate surface area is 180 Å². The van der Waals surface area contributed by atoms with Gasteiger partial charge in [0.25, 0.3) is 0 Å². The third-order valence-electron chi connectivity index (χ3n) is 4.83. The van der Waals surface area contributed by atoms with E-state index in [9.17, 15) is 4.79 Å². The van der Waals surface area contributed by atoms with E-state index in [1.165, 1.54) is 12.7 Å². The Bertz CT molecular complexity index is 1020. The predicted molar refractivity (Wildman–Crippen MR) is 117 cm³/mol. The third-order valence-corrected chi connectivity index (χ3v) is 5.06. The number of methoxy groups -OCH3 is 1. The first-order valence-corrected chi connectivity index (χ1v) is 9.57. The average molecular weight is 430 g/mol. The van der Waals surface area contributed by atoms with Crippen LogP contribution in [0, 0.1) is 0 Å². The smallest absolute Gasteiger partial charge is 0.311 e. The predicted octanol–water partition coefficient (Wildman–Crippen LogP) is 5.17. The number of carbonyl (C=O) groups excluding carboxylic acids is 1. The Morgan fingerprint density at radius 2 is 2.07 bits per heavy atom. The summed E-state index contributed by atoms with van der Waals surface area (Å²) in [5, 5.41) is 4.17. The molecule has 0 radical (unpaired) electrons. The first-order chi connectivity index (χ1) is 13.6. The number of halogens is 2. The summed E-state index contributed by atoms with van der Waals surface area (Å²) in [6, 6.07) is 13.6. The maximum atomic E-state index is 11.4. The number of rotatable bonds is 5. The summed E-state index contributed by atoms with van der Waals surface area (Å²) < 4.78 is 4.68. The van der Waals surface area contributed by atoms with Gasteiger partial charge in [-0.05, 0) is 55.2 Å². The fraction of sp³-hybridized carbons (Fsp3) is 0.227. The van der Waals surface area contributed by atoms with Crippen molar-refractivity contribution in [2.24, 2.45) is 0 Å². The van der Waals surface area contributed by atoms with Gasteiger partial charge in [0.2, 0.25) is 0 Å². The van der Waals surface area contributed by atoms with Gasteiger partial charge in [-0.25, -0.2) is 0 Å². The Balaban J connectivity index is 0.00000240. The number of fused-ring (bicyclic) bond motifs is 1. The Morgan fingerprint density at radius 1 is 1.21 bits per heavy atom. The molecule has 0 atom stereocenters. The van der Waals surface area contributed by atoms with Crippen LogP contribution in [0.25, 0.3) is 11.3 Å². The summed E-state index contributed by atoms with van der Waals surface area (Å²) in [5.74, 6) is -0.300. The molecular formula is C22H21Cl2N3O2. The summed E-state index contributed by atoms with van der Waals surface area (Å²) in [4.78, 5) is 20.6. The number of hydrogen-bond acceptors (Lipinski definition) is 5. The lowest BCUT2D eigenvalue weighted by molar-refractivity contribution is -0.139. The maximum absolute atomic E-state index is 11.4. The van der Waals surface area contributed by atoms with Gasteiger partial charge < -0.3 is 10.1 Å². The maximum Gasteiger partial charge on any atom is 0.311 e. The van der Waals surface area contributed by atoms with Crippen molar-refractivity contribution in [1.29, 1.82) is 0 Å². The van der Waals surface area contributed by atoms with Crippen molar-refractivity contribution >= 4 is 41.4 Å². The largest absolute Gasteiger partial charge is 0.469 e. The number of anilines is 2. The molecule has 0 unspecified atom stereocenters. The highest BCUT2D eigenvalue weighted by atomic mass is 35.5. The lowest BCUT2D eigenvalue weighted by atomic mass is 10.1. The van der Waals surface area contributed by atoms with Crippen molar-refractivity contribution in [3.05, 3.63) is 70.6 Å². The van der Waals surface area contributed by atoms with Crippen LogP contribution in [0.1, 0.15) is 23.4 Å². The van der Waals surface area contributed by atoms with Crippen LogP contribution in [0.5, 0.6) is 0 Å². The molecule has 2 aromatic heterocycles. The molecule has 0 aliphatic heterocycles. The van der Waals surface area contributed by atoms with E-state index in [1.54, 1.807) is 6.20 Å². The number of benzene rings is 1. The molecule has 1 N–H and O–H groups in total. The van der Waals surface area contributed by atoms with Gasteiger partial charge in [-0.3, -0.25) is 14.8 Å². The Kier molecular flexibility index (Phi) is 6.72. The minimum absolute atomic E-state index is 0. The van der Waals surface area contributed by atoms with Gasteiger partial charge in [0, 0.05) is 22.0 Å². The Hall–Kier alpha value is -2.63. The van der Waals surface area contributed by atoms with E-state index in [1.807, 2.05) is 36.4 Å². The van der Waals surface area contributed by atoms with E-state index in [0.29, 0.717) is 10.7 Å². The third kappa shape index (κ3) is 4.86. The van der Waals surface area contributed by atoms with Gasteiger partial charge >= 0.3 is 5.97 Å². The second kappa shape index (κ2) is 9.25. The minimum Gasteiger partial charge on any atom is -0.469 e. The van der Waals surface area contributed by atoms with Gasteiger partial charge in [-0.15, -0.1) is 12.4 Å². The summed E-state index contributed by atoms with van der Waals surface area (Å²) in [5.41, 5.74) is 6.88. The van der Waals surface area contributed by atoms with Crippen LogP contribution < -0.4 is 5.32 Å². The lowest BCUT2D eigenvalue weighted by Gasteiger charge is -2.14. The molecule has 5 nitrogen and oxygen atoms in total. The molecule has 150 valence electrons. The molecule has 0 amide bonds. The lowest BCUT2D eigenvalue weighted by Crippen LogP contribution is -2.06. The van der Waals surface area contributed by atoms with Gasteiger partial charge in [0.15, 0.2) is 0 Å². The number of aryl methyl sites for hydroxylation is 1. The molecule has 4 rings (SSSR count). The summed E-state index contributed by atoms with van der Waals surface area (Å²) in [6.07, 6.45) is 4.99. The van der Waals surface area contributed by atoms with E-state index >= 15 is 0 Å². The van der Waals surface area contributed by atoms with Crippen molar-refractivity contribution in [3.8, 4) is 11.3 Å². The molecule has 0 fully saturated rings. The highest BCUT2D eigenvalue weighted by Gasteiger charge is 2.19. The van der Waals surface area contributed by atoms with E-state index in [2.05, 4.69) is 21.1 Å². The van der Waals surface area contributed by atoms with E-state index in [0.717, 1.165) is 47.6 Å². The quantitative estimate of drug-likeness (QED) is 0.566. The van der Waals surface area contributed by atoms with Crippen molar-refractivity contribution in [2.75, 3.05) is 12.4 Å². The molecule has 29 heavy (non-hydrogen) atoms. The highest BCUT2D eigenvalue weighted by Crippen LogP contribution is 2.34. The average Bonchev–Trinajstić information content (AvgIpc) is 3.18. The molecule has 7 heteroatoms. The number of nitrogens with zero attached hydrogens (tertiary/aromatic N) is 2. The zero-order chi connectivity index (χ0) is 19.5. The monoisotopic (exact) mass is 429 g/mol. The van der Waals surface area contributed by atoms with E-state index < -0.39 is 0 Å². The summed E-state index contributed by atoms with van der Waals surface area (Å²) >= 11 is 6.16. The van der Waals surface area contributed by atoms with Gasteiger partial charge in [-0.1, -0.05) is 23.7 Å². The number of nitrogens with one attached hydrogen (secondary N) is 1. The second-order valence-corrected chi connectivity index (χ2v) is 7.20. The standard InChI is InChI=1S/C22H20ClN3O2.ClH/c1-28-22(27)11-16-8-9-17(13-24-16)25-21-12-20(14-4-2-5-15(23)10-14)26-19-7-3-6-18(19)21;/h2,4-5,8-10,12-13H,3,6-7,11H2,1H3,(H,25,26);1H. The van der Waals surface area contributed by atoms with E-state index in [-0.39, 0.29) is 24.8 Å². The van der Waals surface area contributed by atoms with Crippen molar-refractivity contribution in [3.63, 3.8) is 0 Å². The van der Waals surface area contributed by atoms with Crippen LogP contribution in [0.4, 0.5) is 11.4 Å². The van der Waals surface area contributed by atoms with Crippen molar-refractivity contribution in [2.45, 2.75) is 25.7 Å². The van der Waals surface area contributed by atoms with Crippen LogP contribution in [0.2, 0.25) is 5.02 Å². The molecule has 1 aromatic carbocycles. The SMILES string of the molecule is COC(=O)Cc1ccc(Nc2cc(-c3cccc(Cl)c3)nc3c2CCC3)cn1.Cl. The van der Waals surface area contributed by atoms with Gasteiger partial charge in [0.05, 0.1) is 36.8 Å². The number of ether oxygens (including phenoxy) is 1. The number of pyridine rings is 2. The molecule has 1 aliphatic carbocycles. The fourth-order valence-electron chi connectivity index (χ4n) is 3.43. The molecule has 2 heterocycles. The molecule has 0 bridgehead atoms. The molecule has 0 spiro atoms. The van der Waals surface area contributed by atoms with Gasteiger partial charge in [-0.2, -0.15) is 0 Å². The van der Waals surface area contributed by atoms with Crippen molar-refractivity contribution < 1.29 is 9.53 Å². The zero-order valence-corrected chi connectivity index (χ0v) is 17.5. The number of aromatic nitrogens is 2. The molecule has 0 saturated heterocycles. The van der Waals surface area contributed by atoms with Crippen LogP contribution >= 0.6 is 24.0 Å². The molecule has 1 aliphatic rings. The van der Waals surface area contributed by atoms with Gasteiger partial charge in [0.1, 0.15) is 0 Å². The minimum atomic E-state index is -0.300.